The fourth-order valence-electron chi connectivity index (χ4n) is 4.14. The maximum atomic E-state index is 15.0. The molecule has 9 nitrogen and oxygen atoms in total. The first-order chi connectivity index (χ1) is 16.9. The van der Waals surface area contributed by atoms with Crippen LogP contribution in [0, 0.1) is 5.82 Å². The van der Waals surface area contributed by atoms with Crippen molar-refractivity contribution in [1.82, 2.24) is 15.2 Å². The van der Waals surface area contributed by atoms with Gasteiger partial charge in [-0.3, -0.25) is 14.5 Å². The maximum Gasteiger partial charge on any atom is 0.414 e. The summed E-state index contributed by atoms with van der Waals surface area (Å²) in [5.41, 5.74) is 1.38. The summed E-state index contributed by atoms with van der Waals surface area (Å²) in [6.45, 7) is 6.22. The van der Waals surface area contributed by atoms with Crippen molar-refractivity contribution in [3.05, 3.63) is 54.5 Å². The van der Waals surface area contributed by atoms with E-state index in [-0.39, 0.29) is 24.9 Å². The van der Waals surface area contributed by atoms with E-state index in [1.807, 2.05) is 19.1 Å². The summed E-state index contributed by atoms with van der Waals surface area (Å²) in [6, 6.07) is 8.23. The first-order valence-corrected chi connectivity index (χ1v) is 11.5. The van der Waals surface area contributed by atoms with Crippen LogP contribution in [0.25, 0.3) is 11.1 Å². The van der Waals surface area contributed by atoms with Gasteiger partial charge in [-0.15, -0.1) is 0 Å². The van der Waals surface area contributed by atoms with E-state index in [0.717, 1.165) is 5.82 Å². The summed E-state index contributed by atoms with van der Waals surface area (Å²) in [6.07, 6.45) is 3.86. The SMILES string of the molecule is CC=CC(=O)N1CCN(c2ccc(-c3ccc(N4C[C@H](CNC(C)=O)OC4=O)cc3F)cn2)CC1. The quantitative estimate of drug-likeness (QED) is 0.638. The number of amides is 3. The van der Waals surface area contributed by atoms with Crippen LogP contribution in [0.5, 0.6) is 0 Å². The maximum absolute atomic E-state index is 15.0. The third-order valence-corrected chi connectivity index (χ3v) is 6.00. The number of carbonyl (C=O) groups excluding carboxylic acids is 3. The average molecular weight is 482 g/mol. The molecule has 3 amide bonds. The topological polar surface area (TPSA) is 95.1 Å². The Labute approximate surface area is 203 Å². The highest BCUT2D eigenvalue weighted by Gasteiger charge is 2.32. The van der Waals surface area contributed by atoms with Gasteiger partial charge in [-0.25, -0.2) is 14.2 Å². The summed E-state index contributed by atoms with van der Waals surface area (Å²) >= 11 is 0. The molecule has 0 bridgehead atoms. The number of hydrogen-bond acceptors (Lipinski definition) is 6. The second kappa shape index (κ2) is 10.5. The highest BCUT2D eigenvalue weighted by Crippen LogP contribution is 2.29. The molecule has 0 saturated carbocycles. The van der Waals surface area contributed by atoms with Gasteiger partial charge in [-0.1, -0.05) is 6.08 Å². The minimum atomic E-state index is -0.578. The lowest BCUT2D eigenvalue weighted by molar-refractivity contribution is -0.126. The minimum absolute atomic E-state index is 0.0137. The average Bonchev–Trinajstić information content (AvgIpc) is 3.23. The van der Waals surface area contributed by atoms with Crippen molar-refractivity contribution in [2.75, 3.05) is 49.1 Å². The molecule has 2 saturated heterocycles. The lowest BCUT2D eigenvalue weighted by Crippen LogP contribution is -2.48. The third-order valence-electron chi connectivity index (χ3n) is 6.00. The molecule has 2 fully saturated rings. The molecule has 1 atom stereocenters. The van der Waals surface area contributed by atoms with Crippen molar-refractivity contribution in [2.45, 2.75) is 20.0 Å². The Balaban J connectivity index is 1.40. The van der Waals surface area contributed by atoms with E-state index in [2.05, 4.69) is 15.2 Å². The van der Waals surface area contributed by atoms with E-state index in [4.69, 9.17) is 4.74 Å². The Morgan fingerprint density at radius 1 is 1.20 bits per heavy atom. The molecular weight excluding hydrogens is 453 g/mol. The molecule has 4 rings (SSSR count). The fraction of sp³-hybridized carbons (Fsp3) is 0.360. The Bertz CT molecular complexity index is 1130. The monoisotopic (exact) mass is 481 g/mol. The molecule has 184 valence electrons. The van der Waals surface area contributed by atoms with Gasteiger partial charge in [0.2, 0.25) is 11.8 Å². The van der Waals surface area contributed by atoms with Gasteiger partial charge in [0.15, 0.2) is 0 Å². The lowest BCUT2D eigenvalue weighted by Gasteiger charge is -2.35. The number of carbonyl (C=O) groups is 3. The van der Waals surface area contributed by atoms with Crippen molar-refractivity contribution in [1.29, 1.82) is 0 Å². The predicted octanol–water partition coefficient (Wildman–Crippen LogP) is 2.57. The van der Waals surface area contributed by atoms with Crippen LogP contribution >= 0.6 is 0 Å². The van der Waals surface area contributed by atoms with Crippen LogP contribution in [-0.2, 0) is 14.3 Å². The molecule has 3 heterocycles. The molecule has 1 aromatic carbocycles. The Kier molecular flexibility index (Phi) is 7.28. The largest absolute Gasteiger partial charge is 0.442 e. The number of halogens is 1. The third kappa shape index (κ3) is 5.59. The van der Waals surface area contributed by atoms with Crippen LogP contribution in [-0.4, -0.2) is 73.2 Å². The highest BCUT2D eigenvalue weighted by molar-refractivity contribution is 5.90. The Hall–Kier alpha value is -3.95. The van der Waals surface area contributed by atoms with Crippen LogP contribution in [0.1, 0.15) is 13.8 Å². The summed E-state index contributed by atoms with van der Waals surface area (Å²) in [5, 5.41) is 2.62. The molecule has 2 aliphatic heterocycles. The molecule has 2 aromatic rings. The van der Waals surface area contributed by atoms with Crippen LogP contribution in [0.2, 0.25) is 0 Å². The van der Waals surface area contributed by atoms with Gasteiger partial charge < -0.3 is 19.9 Å². The smallest absolute Gasteiger partial charge is 0.414 e. The van der Waals surface area contributed by atoms with E-state index in [1.54, 1.807) is 35.4 Å². The molecule has 1 aromatic heterocycles. The van der Waals surface area contributed by atoms with Crippen LogP contribution in [0.4, 0.5) is 20.7 Å². The highest BCUT2D eigenvalue weighted by atomic mass is 19.1. The van der Waals surface area contributed by atoms with Crippen molar-refractivity contribution >= 4 is 29.4 Å². The first-order valence-electron chi connectivity index (χ1n) is 11.5. The van der Waals surface area contributed by atoms with E-state index in [0.29, 0.717) is 43.0 Å². The van der Waals surface area contributed by atoms with Crippen LogP contribution in [0.15, 0.2) is 48.7 Å². The molecule has 2 aliphatic rings. The Morgan fingerprint density at radius 3 is 2.60 bits per heavy atom. The Morgan fingerprint density at radius 2 is 1.97 bits per heavy atom. The lowest BCUT2D eigenvalue weighted by atomic mass is 10.1. The van der Waals surface area contributed by atoms with Gasteiger partial charge in [0.25, 0.3) is 0 Å². The van der Waals surface area contributed by atoms with Gasteiger partial charge >= 0.3 is 6.09 Å². The first kappa shape index (κ1) is 24.2. The predicted molar refractivity (Wildman–Crippen MR) is 130 cm³/mol. The van der Waals surface area contributed by atoms with Gasteiger partial charge in [0.05, 0.1) is 18.8 Å². The summed E-state index contributed by atoms with van der Waals surface area (Å²) in [4.78, 5) is 45.0. The molecule has 0 unspecified atom stereocenters. The number of pyridine rings is 1. The van der Waals surface area contributed by atoms with E-state index < -0.39 is 18.0 Å². The molecule has 10 heteroatoms. The second-order valence-corrected chi connectivity index (χ2v) is 8.44. The number of ether oxygens (including phenoxy) is 1. The molecule has 1 N–H and O–H groups in total. The number of nitrogens with zero attached hydrogens (tertiary/aromatic N) is 4. The molecule has 0 aliphatic carbocycles. The summed E-state index contributed by atoms with van der Waals surface area (Å²) in [7, 11) is 0. The fourth-order valence-corrected chi connectivity index (χ4v) is 4.14. The molecule has 35 heavy (non-hydrogen) atoms. The van der Waals surface area contributed by atoms with Crippen molar-refractivity contribution in [2.24, 2.45) is 0 Å². The molecule has 0 radical (unpaired) electrons. The second-order valence-electron chi connectivity index (χ2n) is 8.44. The van der Waals surface area contributed by atoms with Gasteiger partial charge in [0, 0.05) is 50.4 Å². The zero-order chi connectivity index (χ0) is 24.9. The van der Waals surface area contributed by atoms with Crippen molar-refractivity contribution in [3.8, 4) is 11.1 Å². The van der Waals surface area contributed by atoms with E-state index in [1.165, 1.54) is 17.9 Å². The minimum Gasteiger partial charge on any atom is -0.442 e. The summed E-state index contributed by atoms with van der Waals surface area (Å²) in [5.74, 6) is 0.0938. The van der Waals surface area contributed by atoms with E-state index in [9.17, 15) is 18.8 Å². The van der Waals surface area contributed by atoms with Gasteiger partial charge in [0.1, 0.15) is 17.7 Å². The molecule has 0 spiro atoms. The summed E-state index contributed by atoms with van der Waals surface area (Å²) < 4.78 is 20.2. The van der Waals surface area contributed by atoms with Gasteiger partial charge in [-0.05, 0) is 43.3 Å². The van der Waals surface area contributed by atoms with E-state index >= 15 is 0 Å². The normalized spacial score (nSPS) is 18.2. The zero-order valence-electron chi connectivity index (χ0n) is 19.7. The standard InChI is InChI=1S/C25H28FN5O4/c1-3-4-24(33)30-11-9-29(10-12-30)23-8-5-18(14-28-23)21-7-6-19(13-22(21)26)31-16-20(35-25(31)34)15-27-17(2)32/h3-8,13-14,20H,9-12,15-16H2,1-2H3,(H,27,32)/t20-/m0/s1. The number of allylic oxidation sites excluding steroid dienone is 1. The number of anilines is 2. The molecular formula is C25H28FN5O4. The number of nitrogens with one attached hydrogen (secondary N) is 1. The van der Waals surface area contributed by atoms with Gasteiger partial charge in [-0.2, -0.15) is 0 Å². The van der Waals surface area contributed by atoms with Crippen molar-refractivity contribution in [3.63, 3.8) is 0 Å². The van der Waals surface area contributed by atoms with Crippen LogP contribution < -0.4 is 15.1 Å². The zero-order valence-corrected chi connectivity index (χ0v) is 19.7. The number of aromatic nitrogens is 1. The number of rotatable bonds is 6. The number of benzene rings is 1. The van der Waals surface area contributed by atoms with Crippen LogP contribution in [0.3, 0.4) is 0 Å². The number of hydrogen-bond donors (Lipinski definition) is 1. The number of piperazine rings is 1. The van der Waals surface area contributed by atoms with Crippen molar-refractivity contribution < 1.29 is 23.5 Å². The number of cyclic esters (lactones) is 1.